The molecule has 0 aromatic carbocycles. The van der Waals surface area contributed by atoms with Crippen molar-refractivity contribution in [1.29, 1.82) is 0 Å². The van der Waals surface area contributed by atoms with Crippen molar-refractivity contribution in [2.45, 2.75) is 11.8 Å². The maximum Gasteiger partial charge on any atom is 0.262 e. The maximum absolute atomic E-state index is 11.1. The second kappa shape index (κ2) is 3.18. The largest absolute Gasteiger partial charge is 0.316 e. The molecule has 7 heteroatoms. The highest BCUT2D eigenvalue weighted by atomic mass is 35.7. The summed E-state index contributed by atoms with van der Waals surface area (Å²) in [6.07, 6.45) is 1.23. The predicted molar refractivity (Wildman–Crippen MR) is 56.3 cm³/mol. The number of aromatic nitrogens is 3. The van der Waals surface area contributed by atoms with Gasteiger partial charge in [-0.3, -0.25) is 0 Å². The van der Waals surface area contributed by atoms with Crippen LogP contribution in [0.15, 0.2) is 17.2 Å². The lowest BCUT2D eigenvalue weighted by Crippen LogP contribution is -1.94. The second-order valence-electron chi connectivity index (χ2n) is 3.17. The molecule has 2 rings (SSSR count). The maximum atomic E-state index is 11.1. The Bertz CT molecular complexity index is 633. The lowest BCUT2D eigenvalue weighted by atomic mass is 10.4. The first-order valence-corrected chi connectivity index (χ1v) is 6.44. The van der Waals surface area contributed by atoms with E-state index >= 15 is 0 Å². The summed E-state index contributed by atoms with van der Waals surface area (Å²) in [5.74, 6) is 0.765. The van der Waals surface area contributed by atoms with Crippen LogP contribution in [0.25, 0.3) is 11.2 Å². The monoisotopic (exact) mass is 245 g/mol. The number of nitrogens with zero attached hydrogens (tertiary/aromatic N) is 3. The lowest BCUT2D eigenvalue weighted by molar-refractivity contribution is 0.609. The van der Waals surface area contributed by atoms with Gasteiger partial charge < -0.3 is 4.57 Å². The minimum Gasteiger partial charge on any atom is -0.316 e. The molecular formula is C8H8ClN3O2S. The van der Waals surface area contributed by atoms with Crippen LogP contribution in [-0.2, 0) is 16.1 Å². The molecule has 2 heterocycles. The van der Waals surface area contributed by atoms with E-state index in [0.717, 1.165) is 5.82 Å². The Labute approximate surface area is 91.1 Å². The van der Waals surface area contributed by atoms with Gasteiger partial charge >= 0.3 is 0 Å². The van der Waals surface area contributed by atoms with Crippen LogP contribution in [0.5, 0.6) is 0 Å². The van der Waals surface area contributed by atoms with E-state index in [1.165, 1.54) is 12.3 Å². The Hall–Kier alpha value is -1.14. The minimum absolute atomic E-state index is 0.0326. The van der Waals surface area contributed by atoms with Crippen molar-refractivity contribution in [2.24, 2.45) is 7.05 Å². The fourth-order valence-electron chi connectivity index (χ4n) is 1.30. The first-order valence-electron chi connectivity index (χ1n) is 4.13. The van der Waals surface area contributed by atoms with Crippen LogP contribution >= 0.6 is 10.7 Å². The second-order valence-corrected chi connectivity index (χ2v) is 5.74. The van der Waals surface area contributed by atoms with Crippen molar-refractivity contribution >= 4 is 30.9 Å². The summed E-state index contributed by atoms with van der Waals surface area (Å²) in [5, 5.41) is 0. The zero-order valence-electron chi connectivity index (χ0n) is 8.10. The smallest absolute Gasteiger partial charge is 0.262 e. The van der Waals surface area contributed by atoms with E-state index < -0.39 is 9.05 Å². The minimum atomic E-state index is -3.74. The molecule has 0 radical (unpaired) electrons. The number of imidazole rings is 1. The zero-order valence-corrected chi connectivity index (χ0v) is 9.67. The van der Waals surface area contributed by atoms with Crippen molar-refractivity contribution in [3.8, 4) is 0 Å². The van der Waals surface area contributed by atoms with Crippen molar-refractivity contribution in [2.75, 3.05) is 0 Å². The third-order valence-electron chi connectivity index (χ3n) is 2.19. The Balaban J connectivity index is 2.78. The van der Waals surface area contributed by atoms with Crippen molar-refractivity contribution < 1.29 is 8.42 Å². The molecule has 0 bridgehead atoms. The summed E-state index contributed by atoms with van der Waals surface area (Å²) in [6.45, 7) is 1.82. The molecule has 0 spiro atoms. The van der Waals surface area contributed by atoms with E-state index in [-0.39, 0.29) is 4.90 Å². The van der Waals surface area contributed by atoms with Gasteiger partial charge in [0.1, 0.15) is 16.2 Å². The fraction of sp³-hybridized carbons (Fsp3) is 0.250. The first kappa shape index (κ1) is 10.4. The van der Waals surface area contributed by atoms with Gasteiger partial charge in [-0.15, -0.1) is 0 Å². The van der Waals surface area contributed by atoms with Crippen molar-refractivity contribution in [3.63, 3.8) is 0 Å². The molecule has 2 aromatic heterocycles. The van der Waals surface area contributed by atoms with Crippen LogP contribution in [0.2, 0.25) is 0 Å². The summed E-state index contributed by atoms with van der Waals surface area (Å²) in [4.78, 5) is 8.14. The first-order chi connectivity index (χ1) is 6.89. The number of halogens is 1. The average Bonchev–Trinajstić information content (AvgIpc) is 2.41. The third kappa shape index (κ3) is 1.70. The highest BCUT2D eigenvalue weighted by Crippen LogP contribution is 2.19. The number of hydrogen-bond acceptors (Lipinski definition) is 4. The topological polar surface area (TPSA) is 64.8 Å². The summed E-state index contributed by atoms with van der Waals surface area (Å²) < 4.78 is 23.9. The van der Waals surface area contributed by atoms with E-state index in [1.807, 2.05) is 14.0 Å². The van der Waals surface area contributed by atoms with Gasteiger partial charge in [0.25, 0.3) is 9.05 Å². The zero-order chi connectivity index (χ0) is 11.2. The molecule has 2 aromatic rings. The highest BCUT2D eigenvalue weighted by Gasteiger charge is 2.13. The van der Waals surface area contributed by atoms with E-state index in [9.17, 15) is 8.42 Å². The quantitative estimate of drug-likeness (QED) is 0.709. The molecule has 0 saturated carbocycles. The van der Waals surface area contributed by atoms with Crippen molar-refractivity contribution in [3.05, 3.63) is 18.1 Å². The molecule has 0 N–H and O–H groups in total. The SMILES string of the molecule is Cc1nc2cc(S(=O)(=O)Cl)cnc2n1C. The fourth-order valence-corrected chi connectivity index (χ4v) is 1.99. The molecule has 0 aliphatic rings. The highest BCUT2D eigenvalue weighted by molar-refractivity contribution is 8.13. The van der Waals surface area contributed by atoms with Crippen LogP contribution in [0.1, 0.15) is 5.82 Å². The molecule has 0 unspecified atom stereocenters. The number of pyridine rings is 1. The van der Waals surface area contributed by atoms with Gasteiger partial charge in [0, 0.05) is 23.9 Å². The third-order valence-corrected chi connectivity index (χ3v) is 3.51. The lowest BCUT2D eigenvalue weighted by Gasteiger charge is -1.96. The molecule has 0 amide bonds. The van der Waals surface area contributed by atoms with Crippen LogP contribution < -0.4 is 0 Å². The van der Waals surface area contributed by atoms with E-state index in [0.29, 0.717) is 11.2 Å². The molecule has 0 fully saturated rings. The summed E-state index contributed by atoms with van der Waals surface area (Å²) in [5.41, 5.74) is 1.16. The summed E-state index contributed by atoms with van der Waals surface area (Å²) in [7, 11) is 3.28. The predicted octanol–water partition coefficient (Wildman–Crippen LogP) is 1.20. The van der Waals surface area contributed by atoms with Gasteiger partial charge in [-0.05, 0) is 13.0 Å². The molecule has 80 valence electrons. The van der Waals surface area contributed by atoms with E-state index in [4.69, 9.17) is 10.7 Å². The van der Waals surface area contributed by atoms with Gasteiger partial charge in [0.05, 0.1) is 0 Å². The summed E-state index contributed by atoms with van der Waals surface area (Å²) >= 11 is 0. The molecule has 5 nitrogen and oxygen atoms in total. The van der Waals surface area contributed by atoms with Crippen LogP contribution in [0, 0.1) is 6.92 Å². The van der Waals surface area contributed by atoms with Gasteiger partial charge in [-0.1, -0.05) is 0 Å². The number of rotatable bonds is 1. The summed E-state index contributed by atoms with van der Waals surface area (Å²) in [6, 6.07) is 1.41. The van der Waals surface area contributed by atoms with Crippen LogP contribution in [0.3, 0.4) is 0 Å². The number of aryl methyl sites for hydroxylation is 2. The molecule has 0 saturated heterocycles. The van der Waals surface area contributed by atoms with Crippen LogP contribution in [-0.4, -0.2) is 23.0 Å². The standard InChI is InChI=1S/C8H8ClN3O2S/c1-5-11-7-3-6(15(9,13)14)4-10-8(7)12(5)2/h3-4H,1-2H3. The van der Waals surface area contributed by atoms with E-state index in [2.05, 4.69) is 9.97 Å². The average molecular weight is 246 g/mol. The molecule has 0 aliphatic heterocycles. The number of fused-ring (bicyclic) bond motifs is 1. The normalized spacial score (nSPS) is 12.2. The van der Waals surface area contributed by atoms with Gasteiger partial charge in [-0.25, -0.2) is 18.4 Å². The molecule has 0 aliphatic carbocycles. The molecule has 0 atom stereocenters. The van der Waals surface area contributed by atoms with Crippen LogP contribution in [0.4, 0.5) is 0 Å². The Morgan fingerprint density at radius 1 is 1.47 bits per heavy atom. The Morgan fingerprint density at radius 3 is 2.73 bits per heavy atom. The molecule has 15 heavy (non-hydrogen) atoms. The van der Waals surface area contributed by atoms with Gasteiger partial charge in [0.15, 0.2) is 5.65 Å². The van der Waals surface area contributed by atoms with Gasteiger partial charge in [0.2, 0.25) is 0 Å². The Kier molecular flexibility index (Phi) is 2.20. The van der Waals surface area contributed by atoms with Crippen molar-refractivity contribution in [1.82, 2.24) is 14.5 Å². The van der Waals surface area contributed by atoms with E-state index in [1.54, 1.807) is 4.57 Å². The van der Waals surface area contributed by atoms with Gasteiger partial charge in [-0.2, -0.15) is 0 Å². The number of hydrogen-bond donors (Lipinski definition) is 0. The molecular weight excluding hydrogens is 238 g/mol. The Morgan fingerprint density at radius 2 is 2.13 bits per heavy atom.